The molecule has 1 aromatic carbocycles. The molecule has 2 rings (SSSR count). The topological polar surface area (TPSA) is 55.1 Å². The molecule has 20 heavy (non-hydrogen) atoms. The molecule has 0 aromatic heterocycles. The van der Waals surface area contributed by atoms with Gasteiger partial charge in [0, 0.05) is 5.69 Å². The Bertz CT molecular complexity index is 484. The minimum atomic E-state index is -0.707. The molecule has 1 aromatic rings. The number of benzene rings is 1. The van der Waals surface area contributed by atoms with Crippen molar-refractivity contribution in [3.05, 3.63) is 29.8 Å². The Hall–Kier alpha value is -1.35. The van der Waals surface area contributed by atoms with Crippen molar-refractivity contribution < 1.29 is 4.79 Å². The average molecular weight is 274 g/mol. The summed E-state index contributed by atoms with van der Waals surface area (Å²) in [6.45, 7) is 6.44. The summed E-state index contributed by atoms with van der Waals surface area (Å²) < 4.78 is 0. The zero-order chi connectivity index (χ0) is 14.8. The average Bonchev–Trinajstić information content (AvgIpc) is 2.38. The lowest BCUT2D eigenvalue weighted by molar-refractivity contribution is -0.122. The van der Waals surface area contributed by atoms with E-state index in [9.17, 15) is 4.79 Å². The summed E-state index contributed by atoms with van der Waals surface area (Å²) in [4.78, 5) is 12.6. The standard InChI is InChI=1S/C17H26N2O/c1-12(2)14-8-4-5-9-15(14)19-16(20)17(18)10-6-7-13(3)11-17/h4-5,8-9,12-13H,6-7,10-11,18H2,1-3H3,(H,19,20). The molecule has 0 saturated heterocycles. The second kappa shape index (κ2) is 5.96. The highest BCUT2D eigenvalue weighted by atomic mass is 16.2. The van der Waals surface area contributed by atoms with E-state index in [1.165, 1.54) is 6.42 Å². The van der Waals surface area contributed by atoms with Gasteiger partial charge in [0.15, 0.2) is 0 Å². The molecule has 3 heteroatoms. The van der Waals surface area contributed by atoms with E-state index in [0.717, 1.165) is 30.5 Å². The minimum absolute atomic E-state index is 0.0304. The van der Waals surface area contributed by atoms with Crippen molar-refractivity contribution in [1.29, 1.82) is 0 Å². The van der Waals surface area contributed by atoms with Gasteiger partial charge in [-0.15, -0.1) is 0 Å². The molecule has 0 heterocycles. The van der Waals surface area contributed by atoms with Crippen LogP contribution in [0, 0.1) is 5.92 Å². The predicted molar refractivity (Wildman–Crippen MR) is 83.7 cm³/mol. The monoisotopic (exact) mass is 274 g/mol. The van der Waals surface area contributed by atoms with E-state index in [1.807, 2.05) is 18.2 Å². The van der Waals surface area contributed by atoms with Gasteiger partial charge in [0.1, 0.15) is 0 Å². The number of hydrogen-bond acceptors (Lipinski definition) is 2. The molecule has 1 aliphatic carbocycles. The van der Waals surface area contributed by atoms with Crippen LogP contribution in [0.4, 0.5) is 5.69 Å². The van der Waals surface area contributed by atoms with Crippen molar-refractivity contribution in [2.45, 2.75) is 57.9 Å². The molecular weight excluding hydrogens is 248 g/mol. The molecule has 110 valence electrons. The van der Waals surface area contributed by atoms with Gasteiger partial charge in [-0.3, -0.25) is 4.79 Å². The number of carbonyl (C=O) groups excluding carboxylic acids is 1. The van der Waals surface area contributed by atoms with Crippen molar-refractivity contribution in [3.63, 3.8) is 0 Å². The molecule has 1 fully saturated rings. The highest BCUT2D eigenvalue weighted by molar-refractivity contribution is 5.98. The second-order valence-corrected chi connectivity index (χ2v) is 6.55. The number of anilines is 1. The van der Waals surface area contributed by atoms with Crippen LogP contribution in [-0.2, 0) is 4.79 Å². The summed E-state index contributed by atoms with van der Waals surface area (Å²) in [7, 11) is 0. The summed E-state index contributed by atoms with van der Waals surface area (Å²) in [6.07, 6.45) is 3.78. The molecule has 0 radical (unpaired) electrons. The van der Waals surface area contributed by atoms with E-state index >= 15 is 0 Å². The van der Waals surface area contributed by atoms with Crippen LogP contribution in [0.1, 0.15) is 57.9 Å². The largest absolute Gasteiger partial charge is 0.324 e. The molecule has 0 aliphatic heterocycles. The van der Waals surface area contributed by atoms with E-state index in [0.29, 0.717) is 11.8 Å². The first-order valence-corrected chi connectivity index (χ1v) is 7.61. The maximum absolute atomic E-state index is 12.6. The van der Waals surface area contributed by atoms with Crippen molar-refractivity contribution in [1.82, 2.24) is 0 Å². The number of nitrogens with two attached hydrogens (primary N) is 1. The van der Waals surface area contributed by atoms with Gasteiger partial charge >= 0.3 is 0 Å². The number of nitrogens with one attached hydrogen (secondary N) is 1. The van der Waals surface area contributed by atoms with Gasteiger partial charge in [0.2, 0.25) is 5.91 Å². The molecule has 1 aliphatic rings. The first-order chi connectivity index (χ1) is 9.42. The number of hydrogen-bond donors (Lipinski definition) is 2. The van der Waals surface area contributed by atoms with Crippen LogP contribution in [0.5, 0.6) is 0 Å². The predicted octanol–water partition coefficient (Wildman–Crippen LogP) is 3.66. The Balaban J connectivity index is 2.15. The molecule has 3 nitrogen and oxygen atoms in total. The smallest absolute Gasteiger partial charge is 0.244 e. The van der Waals surface area contributed by atoms with E-state index in [1.54, 1.807) is 0 Å². The van der Waals surface area contributed by atoms with Gasteiger partial charge < -0.3 is 11.1 Å². The molecule has 3 N–H and O–H groups in total. The summed E-state index contributed by atoms with van der Waals surface area (Å²) in [6, 6.07) is 7.98. The quantitative estimate of drug-likeness (QED) is 0.884. The normalized spacial score (nSPS) is 26.6. The Kier molecular flexibility index (Phi) is 4.48. The third kappa shape index (κ3) is 3.21. The van der Waals surface area contributed by atoms with Crippen LogP contribution >= 0.6 is 0 Å². The van der Waals surface area contributed by atoms with Crippen molar-refractivity contribution in [3.8, 4) is 0 Å². The van der Waals surface area contributed by atoms with Crippen molar-refractivity contribution in [2.24, 2.45) is 11.7 Å². The van der Waals surface area contributed by atoms with Gasteiger partial charge in [-0.1, -0.05) is 51.8 Å². The molecule has 0 spiro atoms. The third-order valence-corrected chi connectivity index (χ3v) is 4.32. The number of amides is 1. The van der Waals surface area contributed by atoms with Crippen LogP contribution in [0.25, 0.3) is 0 Å². The fourth-order valence-electron chi connectivity index (χ4n) is 3.16. The van der Waals surface area contributed by atoms with Gasteiger partial charge in [0.25, 0.3) is 0 Å². The number of rotatable bonds is 3. The van der Waals surface area contributed by atoms with E-state index in [2.05, 4.69) is 32.2 Å². The van der Waals surface area contributed by atoms with Crippen LogP contribution in [0.3, 0.4) is 0 Å². The van der Waals surface area contributed by atoms with Gasteiger partial charge in [0.05, 0.1) is 5.54 Å². The van der Waals surface area contributed by atoms with E-state index in [-0.39, 0.29) is 5.91 Å². The second-order valence-electron chi connectivity index (χ2n) is 6.55. The van der Waals surface area contributed by atoms with Crippen molar-refractivity contribution >= 4 is 11.6 Å². The molecule has 2 unspecified atom stereocenters. The molecule has 1 amide bonds. The first-order valence-electron chi connectivity index (χ1n) is 7.61. The fraction of sp³-hybridized carbons (Fsp3) is 0.588. The zero-order valence-electron chi connectivity index (χ0n) is 12.8. The Labute approximate surface area is 121 Å². The lowest BCUT2D eigenvalue weighted by Crippen LogP contribution is -2.53. The molecule has 2 atom stereocenters. The summed E-state index contributed by atoms with van der Waals surface area (Å²) in [5, 5.41) is 3.06. The van der Waals surface area contributed by atoms with Crippen molar-refractivity contribution in [2.75, 3.05) is 5.32 Å². The van der Waals surface area contributed by atoms with Crippen LogP contribution in [-0.4, -0.2) is 11.4 Å². The molecule has 1 saturated carbocycles. The highest BCUT2D eigenvalue weighted by Crippen LogP contribution is 2.32. The number of carbonyl (C=O) groups is 1. The van der Waals surface area contributed by atoms with Crippen LogP contribution in [0.2, 0.25) is 0 Å². The minimum Gasteiger partial charge on any atom is -0.324 e. The van der Waals surface area contributed by atoms with Gasteiger partial charge in [-0.25, -0.2) is 0 Å². The first kappa shape index (κ1) is 15.0. The van der Waals surface area contributed by atoms with Gasteiger partial charge in [-0.05, 0) is 36.3 Å². The lowest BCUT2D eigenvalue weighted by Gasteiger charge is -2.35. The zero-order valence-corrected chi connectivity index (χ0v) is 12.8. The SMILES string of the molecule is CC1CCCC(N)(C(=O)Nc2ccccc2C(C)C)C1. The van der Waals surface area contributed by atoms with E-state index in [4.69, 9.17) is 5.73 Å². The van der Waals surface area contributed by atoms with E-state index < -0.39 is 5.54 Å². The molecule has 0 bridgehead atoms. The molecular formula is C17H26N2O. The Morgan fingerprint density at radius 1 is 1.40 bits per heavy atom. The number of para-hydroxylation sites is 1. The Morgan fingerprint density at radius 3 is 2.75 bits per heavy atom. The maximum atomic E-state index is 12.6. The highest BCUT2D eigenvalue weighted by Gasteiger charge is 2.38. The summed E-state index contributed by atoms with van der Waals surface area (Å²) >= 11 is 0. The summed E-state index contributed by atoms with van der Waals surface area (Å²) in [5.41, 5.74) is 7.71. The maximum Gasteiger partial charge on any atom is 0.244 e. The third-order valence-electron chi connectivity index (χ3n) is 4.32. The summed E-state index contributed by atoms with van der Waals surface area (Å²) in [5.74, 6) is 0.877. The fourth-order valence-corrected chi connectivity index (χ4v) is 3.16. The van der Waals surface area contributed by atoms with Crippen LogP contribution < -0.4 is 11.1 Å². The van der Waals surface area contributed by atoms with Gasteiger partial charge in [-0.2, -0.15) is 0 Å². The van der Waals surface area contributed by atoms with Crippen LogP contribution in [0.15, 0.2) is 24.3 Å². The Morgan fingerprint density at radius 2 is 2.10 bits per heavy atom. The lowest BCUT2D eigenvalue weighted by atomic mass is 9.76.